The number of phosphoric acid groups is 1. The summed E-state index contributed by atoms with van der Waals surface area (Å²) in [6.45, 7) is 2.10. The van der Waals surface area contributed by atoms with Gasteiger partial charge in [0, 0.05) is 12.8 Å². The van der Waals surface area contributed by atoms with E-state index in [1.54, 1.807) is 6.92 Å². The first-order valence-corrected chi connectivity index (χ1v) is 14.1. The van der Waals surface area contributed by atoms with Crippen LogP contribution in [0.5, 0.6) is 0 Å². The second kappa shape index (κ2) is 20.7. The molecule has 0 aliphatic heterocycles. The minimum Gasteiger partial charge on any atom is -0.480 e. The Morgan fingerprint density at radius 2 is 1.31 bits per heavy atom. The average Bonchev–Trinajstić information content (AvgIpc) is 2.82. The first-order valence-electron chi connectivity index (χ1n) is 12.6. The first-order chi connectivity index (χ1) is 16.6. The topological polar surface area (TPSA) is 172 Å². The fourth-order valence-electron chi connectivity index (χ4n) is 3.04. The van der Waals surface area contributed by atoms with Gasteiger partial charge in [0.25, 0.3) is 0 Å². The maximum Gasteiger partial charge on any atom is 0.472 e. The number of nitrogens with two attached hydrogens (primary N) is 1. The SMILES string of the molecule is CCCCCCCCCCCCCC(=O)OC(COC(=O)CC)COP(=O)(O)OCC(N)C(=O)O. The summed E-state index contributed by atoms with van der Waals surface area (Å²) < 4.78 is 31.4. The van der Waals surface area contributed by atoms with Gasteiger partial charge in [-0.15, -0.1) is 0 Å². The molecule has 0 radical (unpaired) electrons. The van der Waals surface area contributed by atoms with Gasteiger partial charge in [0.15, 0.2) is 6.10 Å². The van der Waals surface area contributed by atoms with Crippen LogP contribution in [0.25, 0.3) is 0 Å². The number of hydrogen-bond acceptors (Lipinski definition) is 9. The summed E-state index contributed by atoms with van der Waals surface area (Å²) in [6, 6.07) is -1.51. The van der Waals surface area contributed by atoms with Crippen LogP contribution in [-0.2, 0) is 37.5 Å². The summed E-state index contributed by atoms with van der Waals surface area (Å²) in [5.74, 6) is -2.48. The zero-order valence-electron chi connectivity index (χ0n) is 21.2. The maximum absolute atomic E-state index is 12.2. The molecule has 0 aromatic rings. The molecule has 0 saturated carbocycles. The van der Waals surface area contributed by atoms with Crippen LogP contribution in [-0.4, -0.2) is 59.9 Å². The number of aliphatic carboxylic acids is 1. The molecule has 206 valence electrons. The number of phosphoric ester groups is 1. The van der Waals surface area contributed by atoms with E-state index in [4.69, 9.17) is 24.8 Å². The van der Waals surface area contributed by atoms with Crippen molar-refractivity contribution in [2.45, 2.75) is 109 Å². The summed E-state index contributed by atoms with van der Waals surface area (Å²) in [6.07, 6.45) is 11.7. The molecule has 0 aliphatic rings. The first kappa shape index (κ1) is 33.5. The molecule has 0 amide bonds. The number of unbranched alkanes of at least 4 members (excludes halogenated alkanes) is 10. The Kier molecular flexibility index (Phi) is 19.8. The molecule has 11 nitrogen and oxygen atoms in total. The van der Waals surface area contributed by atoms with Crippen molar-refractivity contribution in [1.29, 1.82) is 0 Å². The number of ether oxygens (including phenoxy) is 2. The Balaban J connectivity index is 4.29. The Hall–Kier alpha value is -1.52. The average molecular weight is 526 g/mol. The van der Waals surface area contributed by atoms with Crippen molar-refractivity contribution in [2.24, 2.45) is 5.73 Å². The summed E-state index contributed by atoms with van der Waals surface area (Å²) >= 11 is 0. The summed E-state index contributed by atoms with van der Waals surface area (Å²) in [5, 5.41) is 8.70. The van der Waals surface area contributed by atoms with Crippen molar-refractivity contribution < 1.29 is 47.5 Å². The van der Waals surface area contributed by atoms with Gasteiger partial charge in [-0.1, -0.05) is 78.1 Å². The lowest BCUT2D eigenvalue weighted by atomic mass is 10.1. The normalized spacial score (nSPS) is 14.6. The fraction of sp³-hybridized carbons (Fsp3) is 0.870. The van der Waals surface area contributed by atoms with E-state index in [-0.39, 0.29) is 19.4 Å². The maximum atomic E-state index is 12.2. The van der Waals surface area contributed by atoms with Crippen molar-refractivity contribution in [2.75, 3.05) is 19.8 Å². The molecule has 0 bridgehead atoms. The molecule has 0 aliphatic carbocycles. The van der Waals surface area contributed by atoms with Crippen molar-refractivity contribution in [3.05, 3.63) is 0 Å². The number of carboxylic acids is 1. The lowest BCUT2D eigenvalue weighted by Crippen LogP contribution is -2.34. The third kappa shape index (κ3) is 20.4. The van der Waals surface area contributed by atoms with Crippen LogP contribution in [0.1, 0.15) is 97.3 Å². The van der Waals surface area contributed by atoms with Crippen molar-refractivity contribution >= 4 is 25.7 Å². The molecule has 0 aromatic heterocycles. The number of carbonyl (C=O) groups is 3. The van der Waals surface area contributed by atoms with Crippen molar-refractivity contribution in [1.82, 2.24) is 0 Å². The van der Waals surface area contributed by atoms with Gasteiger partial charge in [0.05, 0.1) is 13.2 Å². The van der Waals surface area contributed by atoms with E-state index in [1.807, 2.05) is 0 Å². The highest BCUT2D eigenvalue weighted by Gasteiger charge is 2.28. The summed E-state index contributed by atoms with van der Waals surface area (Å²) in [7, 11) is -4.66. The predicted octanol–water partition coefficient (Wildman–Crippen LogP) is 4.10. The molecular weight excluding hydrogens is 481 g/mol. The second-order valence-electron chi connectivity index (χ2n) is 8.44. The van der Waals surface area contributed by atoms with Gasteiger partial charge in [-0.05, 0) is 6.42 Å². The van der Waals surface area contributed by atoms with E-state index in [2.05, 4.69) is 11.4 Å². The predicted molar refractivity (Wildman–Crippen MR) is 130 cm³/mol. The lowest BCUT2D eigenvalue weighted by molar-refractivity contribution is -0.161. The van der Waals surface area contributed by atoms with E-state index >= 15 is 0 Å². The van der Waals surface area contributed by atoms with Crippen LogP contribution >= 0.6 is 7.82 Å². The van der Waals surface area contributed by atoms with Crippen molar-refractivity contribution in [3.8, 4) is 0 Å². The highest BCUT2D eigenvalue weighted by Crippen LogP contribution is 2.43. The number of carbonyl (C=O) groups excluding carboxylic acids is 2. The number of rotatable bonds is 23. The Morgan fingerprint density at radius 1 is 0.800 bits per heavy atom. The Bertz CT molecular complexity index is 646. The molecule has 0 spiro atoms. The number of esters is 2. The van der Waals surface area contributed by atoms with Crippen LogP contribution in [0.15, 0.2) is 0 Å². The fourth-order valence-corrected chi connectivity index (χ4v) is 3.82. The van der Waals surface area contributed by atoms with Gasteiger partial charge >= 0.3 is 25.7 Å². The van der Waals surface area contributed by atoms with E-state index < -0.39 is 51.1 Å². The minimum absolute atomic E-state index is 0.106. The van der Waals surface area contributed by atoms with Gasteiger partial charge in [-0.25, -0.2) is 4.57 Å². The molecule has 0 aromatic carbocycles. The lowest BCUT2D eigenvalue weighted by Gasteiger charge is -2.20. The number of carboxylic acid groups (broad SMARTS) is 1. The van der Waals surface area contributed by atoms with Gasteiger partial charge in [-0.2, -0.15) is 0 Å². The zero-order valence-corrected chi connectivity index (χ0v) is 22.0. The quantitative estimate of drug-likeness (QED) is 0.0996. The third-order valence-electron chi connectivity index (χ3n) is 5.16. The zero-order chi connectivity index (χ0) is 26.5. The highest BCUT2D eigenvalue weighted by molar-refractivity contribution is 7.47. The van der Waals surface area contributed by atoms with Crippen LogP contribution in [0, 0.1) is 0 Å². The van der Waals surface area contributed by atoms with Gasteiger partial charge in [0.1, 0.15) is 12.6 Å². The standard InChI is InChI=1S/C23H44NO10P/c1-3-5-6-7-8-9-10-11-12-13-14-15-22(26)34-19(16-31-21(25)4-2)17-32-35(29,30)33-18-20(24)23(27)28/h19-20H,3-18,24H2,1-2H3,(H,27,28)(H,29,30). The summed E-state index contributed by atoms with van der Waals surface area (Å²) in [4.78, 5) is 44.0. The molecule has 0 fully saturated rings. The molecule has 0 rings (SSSR count). The molecule has 3 atom stereocenters. The van der Waals surface area contributed by atoms with Crippen LogP contribution in [0.4, 0.5) is 0 Å². The molecule has 0 saturated heterocycles. The van der Waals surface area contributed by atoms with E-state index in [1.165, 1.54) is 44.9 Å². The number of hydrogen-bond donors (Lipinski definition) is 3. The monoisotopic (exact) mass is 525 g/mol. The van der Waals surface area contributed by atoms with Crippen LogP contribution in [0.2, 0.25) is 0 Å². The Morgan fingerprint density at radius 3 is 1.83 bits per heavy atom. The molecular formula is C23H44NO10P. The highest BCUT2D eigenvalue weighted by atomic mass is 31.2. The van der Waals surface area contributed by atoms with Crippen molar-refractivity contribution in [3.63, 3.8) is 0 Å². The second-order valence-corrected chi connectivity index (χ2v) is 9.89. The third-order valence-corrected chi connectivity index (χ3v) is 6.11. The smallest absolute Gasteiger partial charge is 0.472 e. The summed E-state index contributed by atoms with van der Waals surface area (Å²) in [5.41, 5.74) is 5.22. The van der Waals surface area contributed by atoms with Gasteiger partial charge in [-0.3, -0.25) is 23.4 Å². The molecule has 0 heterocycles. The van der Waals surface area contributed by atoms with E-state index in [9.17, 15) is 23.8 Å². The van der Waals surface area contributed by atoms with E-state index in [0.717, 1.165) is 19.3 Å². The van der Waals surface area contributed by atoms with Gasteiger partial charge < -0.3 is 25.2 Å². The molecule has 3 unspecified atom stereocenters. The van der Waals surface area contributed by atoms with Gasteiger partial charge in [0.2, 0.25) is 0 Å². The molecule has 12 heteroatoms. The molecule has 35 heavy (non-hydrogen) atoms. The van der Waals surface area contributed by atoms with Crippen LogP contribution < -0.4 is 5.73 Å². The Labute approximate surface area is 208 Å². The molecule has 4 N–H and O–H groups in total. The largest absolute Gasteiger partial charge is 0.480 e. The van der Waals surface area contributed by atoms with Crippen LogP contribution in [0.3, 0.4) is 0 Å². The minimum atomic E-state index is -4.66. The van der Waals surface area contributed by atoms with E-state index in [0.29, 0.717) is 6.42 Å².